The molecule has 1 aliphatic heterocycles. The van der Waals surface area contributed by atoms with Crippen LogP contribution in [0.1, 0.15) is 10.4 Å². The Kier molecular flexibility index (Phi) is 7.01. The van der Waals surface area contributed by atoms with E-state index in [1.165, 1.54) is 6.07 Å². The van der Waals surface area contributed by atoms with Crippen LogP contribution in [0, 0.1) is 10.7 Å². The van der Waals surface area contributed by atoms with Crippen molar-refractivity contribution >= 4 is 46.8 Å². The molecule has 6 nitrogen and oxygen atoms in total. The van der Waals surface area contributed by atoms with Crippen molar-refractivity contribution in [3.05, 3.63) is 65.5 Å². The van der Waals surface area contributed by atoms with Gasteiger partial charge in [0.2, 0.25) is 5.36 Å². The van der Waals surface area contributed by atoms with E-state index >= 15 is 0 Å². The van der Waals surface area contributed by atoms with Gasteiger partial charge in [-0.05, 0) is 47.7 Å². The number of nitrogens with zero attached hydrogens (tertiary/aromatic N) is 3. The van der Waals surface area contributed by atoms with E-state index in [4.69, 9.17) is 9.68 Å². The van der Waals surface area contributed by atoms with Gasteiger partial charge in [-0.2, -0.15) is 5.26 Å². The van der Waals surface area contributed by atoms with Crippen LogP contribution in [0.15, 0.2) is 63.9 Å². The Balaban J connectivity index is 0.00000306. The number of rotatable bonds is 4. The predicted octanol–water partition coefficient (Wildman–Crippen LogP) is 3.66. The van der Waals surface area contributed by atoms with Gasteiger partial charge in [-0.15, -0.1) is 12.4 Å². The number of hydrogen-bond donors (Lipinski definition) is 0. The second-order valence-electron chi connectivity index (χ2n) is 7.82. The molecule has 2 aromatic rings. The van der Waals surface area contributed by atoms with Crippen molar-refractivity contribution in [2.75, 3.05) is 33.1 Å². The molecule has 0 bridgehead atoms. The topological polar surface area (TPSA) is 83.3 Å². The molecule has 0 amide bonds. The molecular weight excluding hydrogens is 458 g/mol. The van der Waals surface area contributed by atoms with Crippen molar-refractivity contribution in [1.29, 1.82) is 5.26 Å². The van der Waals surface area contributed by atoms with Gasteiger partial charge in [-0.25, -0.2) is 4.58 Å². The molecule has 8 heteroatoms. The highest BCUT2D eigenvalue weighted by atomic mass is 35.5. The average Bonchev–Trinajstić information content (AvgIpc) is 2.76. The first-order chi connectivity index (χ1) is 15.3. The molecule has 1 aliphatic carbocycles. The Morgan fingerprint density at radius 1 is 1.06 bits per heavy atom. The molecule has 0 N–H and O–H groups in total. The summed E-state index contributed by atoms with van der Waals surface area (Å²) in [5.41, 5.74) is 3.72. The minimum Gasteiger partial charge on any atom is -0.545 e. The molecule has 168 valence electrons. The van der Waals surface area contributed by atoms with E-state index in [2.05, 4.69) is 0 Å². The lowest BCUT2D eigenvalue weighted by molar-refractivity contribution is -0.254. The van der Waals surface area contributed by atoms with Gasteiger partial charge in [0.15, 0.2) is 0 Å². The molecule has 0 spiro atoms. The van der Waals surface area contributed by atoms with Gasteiger partial charge in [0.05, 0.1) is 12.0 Å². The van der Waals surface area contributed by atoms with Crippen LogP contribution in [-0.2, 0) is 0 Å². The quantitative estimate of drug-likeness (QED) is 0.192. The summed E-state index contributed by atoms with van der Waals surface area (Å²) in [6.45, 7) is 0. The molecule has 4 rings (SSSR count). The first-order valence-corrected chi connectivity index (χ1v) is 10.7. The number of carboxylic acids is 1. The molecule has 0 unspecified atom stereocenters. The van der Waals surface area contributed by atoms with Crippen LogP contribution in [-0.4, -0.2) is 34.2 Å². The normalized spacial score (nSPS) is 10.5. The van der Waals surface area contributed by atoms with Crippen molar-refractivity contribution in [3.8, 4) is 27.9 Å². The number of carboxylic acid groups (broad SMARTS) is 1. The minimum absolute atomic E-state index is 0. The van der Waals surface area contributed by atoms with Crippen LogP contribution >= 0.6 is 24.2 Å². The van der Waals surface area contributed by atoms with E-state index in [1.807, 2.05) is 79.5 Å². The lowest BCUT2D eigenvalue weighted by atomic mass is 9.90. The first-order valence-electron chi connectivity index (χ1n) is 9.90. The number of carbonyl (C=O) groups excluding carboxylic acids is 1. The third-order valence-corrected chi connectivity index (χ3v) is 5.95. The number of aromatic carboxylic acids is 1. The SMILES string of the molecule is CN(C)c1ccc2c(-c3ccc(SC#N)cc3C(=O)[O-])c3ccc(=[N+](C)C)cc-3oc2c1.Cl. The predicted molar refractivity (Wildman–Crippen MR) is 133 cm³/mol. The third-order valence-electron chi connectivity index (χ3n) is 5.37. The maximum Gasteiger partial charge on any atom is 0.203 e. The number of thiocyanates is 1. The molecule has 0 saturated heterocycles. The van der Waals surface area contributed by atoms with Crippen molar-refractivity contribution in [2.45, 2.75) is 4.90 Å². The van der Waals surface area contributed by atoms with Crippen molar-refractivity contribution in [2.24, 2.45) is 0 Å². The molecule has 0 aromatic heterocycles. The molecule has 0 fully saturated rings. The van der Waals surface area contributed by atoms with Gasteiger partial charge in [0, 0.05) is 58.9 Å². The highest BCUT2D eigenvalue weighted by molar-refractivity contribution is 8.03. The average molecular weight is 480 g/mol. The van der Waals surface area contributed by atoms with Gasteiger partial charge in [-0.1, -0.05) is 6.07 Å². The van der Waals surface area contributed by atoms with Crippen molar-refractivity contribution in [3.63, 3.8) is 0 Å². The van der Waals surface area contributed by atoms with Crippen LogP contribution in [0.2, 0.25) is 0 Å². The molecule has 0 saturated carbocycles. The lowest BCUT2D eigenvalue weighted by Crippen LogP contribution is -2.23. The van der Waals surface area contributed by atoms with Crippen LogP contribution in [0.4, 0.5) is 5.69 Å². The maximum atomic E-state index is 12.1. The summed E-state index contributed by atoms with van der Waals surface area (Å²) in [5, 5.41) is 24.8. The number of benzene rings is 3. The number of nitriles is 1. The van der Waals surface area contributed by atoms with E-state index in [1.54, 1.807) is 12.1 Å². The van der Waals surface area contributed by atoms with Crippen molar-refractivity contribution < 1.29 is 14.3 Å². The van der Waals surface area contributed by atoms with Gasteiger partial charge < -0.3 is 19.2 Å². The number of thioether (sulfide) groups is 1. The van der Waals surface area contributed by atoms with Crippen LogP contribution in [0.5, 0.6) is 0 Å². The number of anilines is 1. The Labute approximate surface area is 202 Å². The van der Waals surface area contributed by atoms with Gasteiger partial charge in [0.1, 0.15) is 30.8 Å². The highest BCUT2D eigenvalue weighted by Crippen LogP contribution is 2.42. The summed E-state index contributed by atoms with van der Waals surface area (Å²) >= 11 is 0.913. The summed E-state index contributed by atoms with van der Waals surface area (Å²) < 4.78 is 8.27. The van der Waals surface area contributed by atoms with E-state index < -0.39 is 5.97 Å². The zero-order valence-electron chi connectivity index (χ0n) is 18.6. The van der Waals surface area contributed by atoms with Crippen LogP contribution in [0.25, 0.3) is 33.4 Å². The number of carbonyl (C=O) groups is 1. The second-order valence-corrected chi connectivity index (χ2v) is 8.67. The zero-order chi connectivity index (χ0) is 23.0. The molecule has 2 aromatic carbocycles. The molecule has 1 heterocycles. The summed E-state index contributed by atoms with van der Waals surface area (Å²) in [5.74, 6) is -0.647. The number of halogens is 1. The largest absolute Gasteiger partial charge is 0.545 e. The van der Waals surface area contributed by atoms with E-state index in [9.17, 15) is 9.90 Å². The Bertz CT molecular complexity index is 1450. The Morgan fingerprint density at radius 3 is 2.42 bits per heavy atom. The first kappa shape index (κ1) is 24.2. The summed E-state index contributed by atoms with van der Waals surface area (Å²) in [6.07, 6.45) is 0. The lowest BCUT2D eigenvalue weighted by Gasteiger charge is -2.20. The third kappa shape index (κ3) is 4.54. The van der Waals surface area contributed by atoms with Crippen LogP contribution in [0.3, 0.4) is 0 Å². The standard InChI is InChI=1S/C25H21N3O3S.ClH/c1-27(2)15-5-8-19-22(11-15)31-23-12-16(28(3)4)6-9-20(23)24(19)18-10-7-17(32-14-26)13-21(18)25(29)30;/h5-13H,1-4H3;1H. The summed E-state index contributed by atoms with van der Waals surface area (Å²) in [6, 6.07) is 16.7. The molecule has 0 atom stereocenters. The van der Waals surface area contributed by atoms with E-state index in [0.717, 1.165) is 39.3 Å². The highest BCUT2D eigenvalue weighted by Gasteiger charge is 2.21. The smallest absolute Gasteiger partial charge is 0.203 e. The van der Waals surface area contributed by atoms with Gasteiger partial charge in [0.25, 0.3) is 0 Å². The molecular formula is C25H22ClN3O3S. The molecule has 33 heavy (non-hydrogen) atoms. The molecule has 0 radical (unpaired) electrons. The van der Waals surface area contributed by atoms with Gasteiger partial charge in [-0.3, -0.25) is 0 Å². The number of fused-ring (bicyclic) bond motifs is 2. The zero-order valence-corrected chi connectivity index (χ0v) is 20.2. The summed E-state index contributed by atoms with van der Waals surface area (Å²) in [7, 11) is 7.81. The van der Waals surface area contributed by atoms with Gasteiger partial charge >= 0.3 is 0 Å². The summed E-state index contributed by atoms with van der Waals surface area (Å²) in [4.78, 5) is 14.6. The fourth-order valence-corrected chi connectivity index (χ4v) is 4.16. The fraction of sp³-hybridized carbons (Fsp3) is 0.160. The number of hydrogen-bond acceptors (Lipinski definition) is 6. The Morgan fingerprint density at radius 2 is 1.79 bits per heavy atom. The van der Waals surface area contributed by atoms with E-state index in [-0.39, 0.29) is 18.0 Å². The van der Waals surface area contributed by atoms with Crippen molar-refractivity contribution in [1.82, 2.24) is 4.58 Å². The Hall–Kier alpha value is -3.47. The molecule has 2 aliphatic rings. The fourth-order valence-electron chi connectivity index (χ4n) is 3.74. The monoisotopic (exact) mass is 479 g/mol. The maximum absolute atomic E-state index is 12.1. The van der Waals surface area contributed by atoms with E-state index in [0.29, 0.717) is 21.8 Å². The van der Waals surface area contributed by atoms with Crippen LogP contribution < -0.4 is 19.9 Å². The minimum atomic E-state index is -1.29. The second kappa shape index (κ2) is 9.57.